The van der Waals surface area contributed by atoms with Crippen molar-refractivity contribution in [2.45, 2.75) is 82.7 Å². The Kier molecular flexibility index (Phi) is 9.95. The van der Waals surface area contributed by atoms with Crippen LogP contribution in [0.2, 0.25) is 0 Å². The summed E-state index contributed by atoms with van der Waals surface area (Å²) in [6, 6.07) is 17.9. The van der Waals surface area contributed by atoms with E-state index in [-0.39, 0.29) is 30.4 Å². The number of aliphatic hydroxyl groups excluding tert-OH is 1. The van der Waals surface area contributed by atoms with Gasteiger partial charge in [-0.15, -0.1) is 11.3 Å². The number of likely N-dealkylation sites (tertiary alicyclic amines) is 1. The van der Waals surface area contributed by atoms with E-state index in [2.05, 4.69) is 16.7 Å². The fourth-order valence-electron chi connectivity index (χ4n) is 6.47. The number of hydrogen-bond acceptors (Lipinski definition) is 5. The number of benzene rings is 2. The normalized spacial score (nSPS) is 17.7. The Balaban J connectivity index is 1.26. The Morgan fingerprint density at radius 3 is 2.50 bits per heavy atom. The molecule has 1 aromatic heterocycles. The van der Waals surface area contributed by atoms with Crippen LogP contribution in [0.3, 0.4) is 0 Å². The minimum absolute atomic E-state index is 0.119. The fourth-order valence-corrected chi connectivity index (χ4v) is 7.53. The molecule has 3 amide bonds. The topological polar surface area (TPSA) is 98.7 Å². The summed E-state index contributed by atoms with van der Waals surface area (Å²) in [6.45, 7) is 3.69. The van der Waals surface area contributed by atoms with Crippen molar-refractivity contribution in [2.24, 2.45) is 5.92 Å². The highest BCUT2D eigenvalue weighted by molar-refractivity contribution is 7.20. The van der Waals surface area contributed by atoms with Gasteiger partial charge in [-0.1, -0.05) is 55.3 Å². The van der Waals surface area contributed by atoms with E-state index in [1.54, 1.807) is 0 Å². The Labute approximate surface area is 252 Å². The van der Waals surface area contributed by atoms with Crippen LogP contribution in [0, 0.1) is 12.8 Å². The molecular formula is C34H43N3O4S. The summed E-state index contributed by atoms with van der Waals surface area (Å²) < 4.78 is 1.07. The van der Waals surface area contributed by atoms with Gasteiger partial charge in [0.05, 0.1) is 4.88 Å². The van der Waals surface area contributed by atoms with Crippen molar-refractivity contribution in [2.75, 3.05) is 19.7 Å². The third-order valence-electron chi connectivity index (χ3n) is 9.02. The van der Waals surface area contributed by atoms with Crippen LogP contribution in [0.4, 0.5) is 0 Å². The molecule has 1 unspecified atom stereocenters. The predicted molar refractivity (Wildman–Crippen MR) is 168 cm³/mol. The molecule has 1 saturated carbocycles. The van der Waals surface area contributed by atoms with Gasteiger partial charge in [-0.05, 0) is 86.4 Å². The highest BCUT2D eigenvalue weighted by atomic mass is 32.1. The van der Waals surface area contributed by atoms with Crippen LogP contribution in [0.1, 0.15) is 78.6 Å². The second-order valence-corrected chi connectivity index (χ2v) is 13.2. The molecule has 0 bridgehead atoms. The summed E-state index contributed by atoms with van der Waals surface area (Å²) >= 11 is 1.46. The number of carbonyl (C=O) groups excluding carboxylic acids is 3. The van der Waals surface area contributed by atoms with E-state index in [0.717, 1.165) is 66.4 Å². The smallest absolute Gasteiger partial charge is 0.262 e. The Morgan fingerprint density at radius 2 is 1.79 bits per heavy atom. The summed E-state index contributed by atoms with van der Waals surface area (Å²) in [4.78, 5) is 43.1. The van der Waals surface area contributed by atoms with Crippen molar-refractivity contribution in [3.63, 3.8) is 0 Å². The number of nitrogens with zero attached hydrogens (tertiary/aromatic N) is 1. The fraction of sp³-hybridized carbons (Fsp3) is 0.500. The third kappa shape index (κ3) is 7.39. The van der Waals surface area contributed by atoms with Gasteiger partial charge in [0.25, 0.3) is 5.91 Å². The minimum Gasteiger partial charge on any atom is -0.396 e. The first-order valence-electron chi connectivity index (χ1n) is 15.4. The summed E-state index contributed by atoms with van der Waals surface area (Å²) in [6.07, 6.45) is 7.16. The molecule has 2 aromatic carbocycles. The zero-order valence-electron chi connectivity index (χ0n) is 24.6. The Hall–Kier alpha value is -3.23. The van der Waals surface area contributed by atoms with Gasteiger partial charge >= 0.3 is 0 Å². The van der Waals surface area contributed by atoms with Gasteiger partial charge in [0.2, 0.25) is 11.8 Å². The molecule has 2 aliphatic rings. The average Bonchev–Trinajstić information content (AvgIpc) is 3.65. The zero-order chi connectivity index (χ0) is 29.5. The quantitative estimate of drug-likeness (QED) is 0.280. The number of piperidine rings is 1. The Bertz CT molecular complexity index is 1370. The van der Waals surface area contributed by atoms with Crippen molar-refractivity contribution in [1.29, 1.82) is 0 Å². The van der Waals surface area contributed by atoms with Crippen molar-refractivity contribution in [1.82, 2.24) is 15.5 Å². The molecular weight excluding hydrogens is 546 g/mol. The molecule has 224 valence electrons. The molecule has 3 aromatic rings. The van der Waals surface area contributed by atoms with E-state index in [0.29, 0.717) is 42.9 Å². The lowest BCUT2D eigenvalue weighted by atomic mass is 9.93. The van der Waals surface area contributed by atoms with Gasteiger partial charge in [0.1, 0.15) is 5.54 Å². The molecule has 1 aliphatic heterocycles. The number of rotatable bonds is 11. The van der Waals surface area contributed by atoms with E-state index in [9.17, 15) is 19.5 Å². The molecule has 0 spiro atoms. The summed E-state index contributed by atoms with van der Waals surface area (Å²) in [5.41, 5.74) is 1.30. The molecule has 7 nitrogen and oxygen atoms in total. The summed E-state index contributed by atoms with van der Waals surface area (Å²) in [7, 11) is 0. The molecule has 1 saturated heterocycles. The lowest BCUT2D eigenvalue weighted by molar-refractivity contribution is -0.133. The van der Waals surface area contributed by atoms with E-state index >= 15 is 0 Å². The van der Waals surface area contributed by atoms with E-state index in [4.69, 9.17) is 0 Å². The lowest BCUT2D eigenvalue weighted by Gasteiger charge is -2.33. The molecule has 5 rings (SSSR count). The maximum absolute atomic E-state index is 14.0. The monoisotopic (exact) mass is 589 g/mol. The van der Waals surface area contributed by atoms with Crippen LogP contribution in [0.5, 0.6) is 0 Å². The Morgan fingerprint density at radius 1 is 1.05 bits per heavy atom. The molecule has 0 radical (unpaired) electrons. The number of aliphatic hydroxyl groups is 1. The van der Waals surface area contributed by atoms with Gasteiger partial charge < -0.3 is 20.6 Å². The highest BCUT2D eigenvalue weighted by Gasteiger charge is 2.43. The van der Waals surface area contributed by atoms with Crippen LogP contribution < -0.4 is 10.6 Å². The number of hydrogen-bond donors (Lipinski definition) is 3. The van der Waals surface area contributed by atoms with Gasteiger partial charge in [-0.2, -0.15) is 0 Å². The molecule has 42 heavy (non-hydrogen) atoms. The molecule has 3 N–H and O–H groups in total. The number of nitrogens with one attached hydrogen (secondary N) is 2. The number of fused-ring (bicyclic) bond motifs is 1. The molecule has 8 heteroatoms. The average molecular weight is 590 g/mol. The standard InChI is InChI=1S/C34H43N3O4S/c1-24-9-10-27-23-30(42-29(27)21-24)32(40)36-34(16-5-6-17-34)33(41)35-28(22-26-7-3-2-4-8-26)11-12-31(39)37-18-13-25(14-19-37)15-20-38/h2-4,7-10,21,23,25,28,38H,5-6,11-20,22H2,1H3,(H,35,41)(H,36,40). The maximum Gasteiger partial charge on any atom is 0.262 e. The van der Waals surface area contributed by atoms with Crippen LogP contribution >= 0.6 is 11.3 Å². The second-order valence-electron chi connectivity index (χ2n) is 12.1. The molecule has 1 atom stereocenters. The number of carbonyl (C=O) groups is 3. The van der Waals surface area contributed by atoms with Crippen molar-refractivity contribution in [3.05, 3.63) is 70.6 Å². The highest BCUT2D eigenvalue weighted by Crippen LogP contribution is 2.33. The largest absolute Gasteiger partial charge is 0.396 e. The van der Waals surface area contributed by atoms with Crippen molar-refractivity contribution < 1.29 is 19.5 Å². The first kappa shape index (κ1) is 30.2. The maximum atomic E-state index is 14.0. The molecule has 2 fully saturated rings. The predicted octanol–water partition coefficient (Wildman–Crippen LogP) is 5.38. The first-order valence-corrected chi connectivity index (χ1v) is 16.2. The molecule has 1 aliphatic carbocycles. The summed E-state index contributed by atoms with van der Waals surface area (Å²) in [5, 5.41) is 16.7. The molecule has 2 heterocycles. The van der Waals surface area contributed by atoms with Gasteiger partial charge in [0.15, 0.2) is 0 Å². The number of amides is 3. The third-order valence-corrected chi connectivity index (χ3v) is 10.1. The lowest BCUT2D eigenvalue weighted by Crippen LogP contribution is -2.59. The van der Waals surface area contributed by atoms with Crippen molar-refractivity contribution >= 4 is 39.1 Å². The van der Waals surface area contributed by atoms with Crippen molar-refractivity contribution in [3.8, 4) is 0 Å². The van der Waals surface area contributed by atoms with Crippen LogP contribution in [0.15, 0.2) is 54.6 Å². The van der Waals surface area contributed by atoms with E-state index in [1.807, 2.05) is 60.4 Å². The number of aryl methyl sites for hydroxylation is 1. The van der Waals surface area contributed by atoms with Gasteiger partial charge in [0, 0.05) is 36.9 Å². The van der Waals surface area contributed by atoms with Gasteiger partial charge in [-0.3, -0.25) is 14.4 Å². The van der Waals surface area contributed by atoms with Crippen LogP contribution in [0.25, 0.3) is 10.1 Å². The second kappa shape index (κ2) is 13.8. The minimum atomic E-state index is -0.948. The zero-order valence-corrected chi connectivity index (χ0v) is 25.4. The summed E-state index contributed by atoms with van der Waals surface area (Å²) in [5.74, 6) is 0.251. The van der Waals surface area contributed by atoms with Crippen LogP contribution in [-0.4, -0.2) is 59.0 Å². The first-order chi connectivity index (χ1) is 20.3. The van der Waals surface area contributed by atoms with Gasteiger partial charge in [-0.25, -0.2) is 0 Å². The van der Waals surface area contributed by atoms with Crippen LogP contribution in [-0.2, 0) is 16.0 Å². The van der Waals surface area contributed by atoms with E-state index < -0.39 is 5.54 Å². The number of thiophene rings is 1. The van der Waals surface area contributed by atoms with E-state index in [1.165, 1.54) is 11.3 Å². The SMILES string of the molecule is Cc1ccc2cc(C(=O)NC3(C(=O)NC(CCC(=O)N4CCC(CCO)CC4)Cc4ccccc4)CCCC3)sc2c1.